The van der Waals surface area contributed by atoms with E-state index in [1.165, 1.54) is 35.9 Å². The maximum absolute atomic E-state index is 14.5. The summed E-state index contributed by atoms with van der Waals surface area (Å²) in [6, 6.07) is 17.5. The molecular formula is C29H24ClFN4O4S2. The van der Waals surface area contributed by atoms with Crippen molar-refractivity contribution in [2.75, 3.05) is 31.0 Å². The fraction of sp³-hybridized carbons (Fsp3) is 0.172. The molecule has 3 aromatic carbocycles. The van der Waals surface area contributed by atoms with E-state index in [2.05, 4.69) is 10.2 Å². The second-order valence-electron chi connectivity index (χ2n) is 9.24. The molecule has 1 N–H and O–H groups in total. The smallest absolute Gasteiger partial charge is 0.301 e. The van der Waals surface area contributed by atoms with Gasteiger partial charge in [0.15, 0.2) is 15.9 Å². The predicted octanol–water partition coefficient (Wildman–Crippen LogP) is 6.32. The van der Waals surface area contributed by atoms with Crippen LogP contribution in [0.2, 0.25) is 5.02 Å². The average molecular weight is 611 g/mol. The Balaban J connectivity index is 1.56. The van der Waals surface area contributed by atoms with E-state index in [0.29, 0.717) is 20.7 Å². The van der Waals surface area contributed by atoms with Gasteiger partial charge in [0.25, 0.3) is 5.78 Å². The van der Waals surface area contributed by atoms with Gasteiger partial charge in [-0.15, -0.1) is 10.2 Å². The minimum absolute atomic E-state index is 0.0199. The lowest BCUT2D eigenvalue weighted by Crippen LogP contribution is -2.29. The Morgan fingerprint density at radius 3 is 2.51 bits per heavy atom. The van der Waals surface area contributed by atoms with Crippen molar-refractivity contribution in [1.82, 2.24) is 10.2 Å². The molecule has 1 aliphatic heterocycles. The molecular weight excluding hydrogens is 587 g/mol. The number of aliphatic hydroxyl groups excluding tert-OH is 1. The van der Waals surface area contributed by atoms with Crippen LogP contribution in [0.25, 0.3) is 5.76 Å². The van der Waals surface area contributed by atoms with Gasteiger partial charge in [0, 0.05) is 36.1 Å². The minimum atomic E-state index is -1.02. The number of anilines is 2. The van der Waals surface area contributed by atoms with E-state index in [0.717, 1.165) is 28.7 Å². The van der Waals surface area contributed by atoms with Gasteiger partial charge in [-0.3, -0.25) is 14.5 Å². The Kier molecular flexibility index (Phi) is 8.30. The summed E-state index contributed by atoms with van der Waals surface area (Å²) in [5.74, 6) is -2.50. The van der Waals surface area contributed by atoms with Crippen molar-refractivity contribution in [2.45, 2.75) is 16.1 Å². The molecule has 0 aliphatic carbocycles. The summed E-state index contributed by atoms with van der Waals surface area (Å²) in [7, 11) is 5.11. The van der Waals surface area contributed by atoms with Crippen molar-refractivity contribution < 1.29 is 23.8 Å². The molecule has 1 saturated heterocycles. The first kappa shape index (κ1) is 28.6. The Morgan fingerprint density at radius 1 is 1.12 bits per heavy atom. The zero-order valence-corrected chi connectivity index (χ0v) is 24.6. The highest BCUT2D eigenvalue weighted by molar-refractivity contribution is 8.00. The lowest BCUT2D eigenvalue weighted by molar-refractivity contribution is -0.132. The molecule has 8 nitrogen and oxygen atoms in total. The molecule has 2 heterocycles. The third-order valence-electron chi connectivity index (χ3n) is 6.51. The third-order valence-corrected chi connectivity index (χ3v) is 8.98. The standard InChI is InChI=1S/C29H24ClFN4O4S2/c1-34(2)19-11-8-16(9-12-19)24-23(25(36)17-10-13-22(39-3)21(31)14-17)26(37)27(38)35(24)28-32-33-29(41-28)40-15-18-6-4-5-7-20(18)30/h4-14,24,36H,15H2,1-3H3/t24-/m0/s1. The lowest BCUT2D eigenvalue weighted by Gasteiger charge is -2.23. The van der Waals surface area contributed by atoms with Crippen LogP contribution in [-0.4, -0.2) is 48.2 Å². The molecule has 0 bridgehead atoms. The SMILES string of the molecule is COc1ccc(C(O)=C2C(=O)C(=O)N(c3nnc(SCc4ccccc4Cl)s3)[C@H]2c2ccc(N(C)C)cc2)cc1F. The van der Waals surface area contributed by atoms with Crippen LogP contribution < -0.4 is 14.5 Å². The number of carbonyl (C=O) groups excluding carboxylic acids is 2. The second-order valence-corrected chi connectivity index (χ2v) is 11.8. The number of methoxy groups -OCH3 is 1. The van der Waals surface area contributed by atoms with Crippen molar-refractivity contribution in [3.63, 3.8) is 0 Å². The van der Waals surface area contributed by atoms with E-state index < -0.39 is 29.3 Å². The topological polar surface area (TPSA) is 95.9 Å². The van der Waals surface area contributed by atoms with Crippen LogP contribution in [-0.2, 0) is 15.3 Å². The number of thioether (sulfide) groups is 1. The number of ketones is 1. The van der Waals surface area contributed by atoms with Gasteiger partial charge in [0.05, 0.1) is 18.7 Å². The van der Waals surface area contributed by atoms with Crippen LogP contribution in [0.3, 0.4) is 0 Å². The molecule has 210 valence electrons. The third kappa shape index (κ3) is 5.65. The van der Waals surface area contributed by atoms with Crippen molar-refractivity contribution in [3.05, 3.63) is 99.8 Å². The maximum Gasteiger partial charge on any atom is 0.301 e. The second kappa shape index (κ2) is 11.9. The van der Waals surface area contributed by atoms with Crippen molar-refractivity contribution in [1.29, 1.82) is 0 Å². The number of Topliss-reactive ketones (excluding diaryl/α,β-unsaturated/α-hetero) is 1. The van der Waals surface area contributed by atoms with E-state index in [9.17, 15) is 19.1 Å². The molecule has 1 fully saturated rings. The number of hydrogen-bond acceptors (Lipinski definition) is 9. The van der Waals surface area contributed by atoms with Crippen molar-refractivity contribution >= 4 is 63.0 Å². The summed E-state index contributed by atoms with van der Waals surface area (Å²) in [5.41, 5.74) is 2.23. The highest BCUT2D eigenvalue weighted by Gasteiger charge is 2.48. The van der Waals surface area contributed by atoms with Gasteiger partial charge in [-0.05, 0) is 47.5 Å². The summed E-state index contributed by atoms with van der Waals surface area (Å²) >= 11 is 8.82. The molecule has 12 heteroatoms. The summed E-state index contributed by atoms with van der Waals surface area (Å²) in [4.78, 5) is 30.0. The first-order chi connectivity index (χ1) is 19.7. The van der Waals surface area contributed by atoms with Gasteiger partial charge in [-0.2, -0.15) is 0 Å². The number of benzene rings is 3. The van der Waals surface area contributed by atoms with Gasteiger partial charge in [-0.25, -0.2) is 4.39 Å². The summed E-state index contributed by atoms with van der Waals surface area (Å²) < 4.78 is 20.1. The van der Waals surface area contributed by atoms with E-state index in [1.807, 2.05) is 49.3 Å². The molecule has 0 spiro atoms. The van der Waals surface area contributed by atoms with Crippen LogP contribution in [0.4, 0.5) is 15.2 Å². The van der Waals surface area contributed by atoms with Gasteiger partial charge < -0.3 is 14.7 Å². The average Bonchev–Trinajstić information content (AvgIpc) is 3.54. The molecule has 1 amide bonds. The van der Waals surface area contributed by atoms with E-state index >= 15 is 0 Å². The highest BCUT2D eigenvalue weighted by atomic mass is 35.5. The highest BCUT2D eigenvalue weighted by Crippen LogP contribution is 2.44. The number of amides is 1. The van der Waals surface area contributed by atoms with E-state index in [1.54, 1.807) is 18.2 Å². The molecule has 0 unspecified atom stereocenters. The Labute approximate surface area is 249 Å². The monoisotopic (exact) mass is 610 g/mol. The number of rotatable bonds is 8. The fourth-order valence-electron chi connectivity index (χ4n) is 4.38. The van der Waals surface area contributed by atoms with Crippen LogP contribution >= 0.6 is 34.7 Å². The van der Waals surface area contributed by atoms with Crippen LogP contribution in [0.5, 0.6) is 5.75 Å². The van der Waals surface area contributed by atoms with Gasteiger partial charge in [0.1, 0.15) is 5.76 Å². The molecule has 4 aromatic rings. The van der Waals surface area contributed by atoms with Crippen molar-refractivity contribution in [3.8, 4) is 5.75 Å². The minimum Gasteiger partial charge on any atom is -0.507 e. The summed E-state index contributed by atoms with van der Waals surface area (Å²) in [6.45, 7) is 0. The molecule has 41 heavy (non-hydrogen) atoms. The molecule has 1 atom stereocenters. The number of hydrogen-bond donors (Lipinski definition) is 1. The first-order valence-electron chi connectivity index (χ1n) is 12.3. The number of carbonyl (C=O) groups is 2. The molecule has 0 radical (unpaired) electrons. The van der Waals surface area contributed by atoms with Crippen LogP contribution in [0.15, 0.2) is 76.6 Å². The molecule has 5 rings (SSSR count). The van der Waals surface area contributed by atoms with E-state index in [4.69, 9.17) is 16.3 Å². The summed E-state index contributed by atoms with van der Waals surface area (Å²) in [6.07, 6.45) is 0. The number of halogens is 2. The largest absolute Gasteiger partial charge is 0.507 e. The fourth-order valence-corrected chi connectivity index (χ4v) is 6.54. The number of aromatic nitrogens is 2. The first-order valence-corrected chi connectivity index (χ1v) is 14.5. The number of aliphatic hydroxyl groups is 1. The number of ether oxygens (including phenoxy) is 1. The Bertz CT molecular complexity index is 1660. The Morgan fingerprint density at radius 2 is 1.85 bits per heavy atom. The zero-order chi connectivity index (χ0) is 29.3. The lowest BCUT2D eigenvalue weighted by atomic mass is 9.95. The number of nitrogens with zero attached hydrogens (tertiary/aromatic N) is 4. The van der Waals surface area contributed by atoms with Crippen LogP contribution in [0, 0.1) is 5.82 Å². The maximum atomic E-state index is 14.5. The van der Waals surface area contributed by atoms with Gasteiger partial charge >= 0.3 is 5.91 Å². The van der Waals surface area contributed by atoms with Gasteiger partial charge in [-0.1, -0.05) is 65.0 Å². The zero-order valence-electron chi connectivity index (χ0n) is 22.2. The van der Waals surface area contributed by atoms with Gasteiger partial charge in [0.2, 0.25) is 5.13 Å². The van der Waals surface area contributed by atoms with Crippen LogP contribution in [0.1, 0.15) is 22.7 Å². The summed E-state index contributed by atoms with van der Waals surface area (Å²) in [5, 5.41) is 20.6. The molecule has 1 aromatic heterocycles. The molecule has 1 aliphatic rings. The predicted molar refractivity (Wildman–Crippen MR) is 159 cm³/mol. The molecule has 0 saturated carbocycles. The van der Waals surface area contributed by atoms with E-state index in [-0.39, 0.29) is 22.0 Å². The van der Waals surface area contributed by atoms with Crippen molar-refractivity contribution in [2.24, 2.45) is 0 Å². The Hall–Kier alpha value is -3.93. The quantitative estimate of drug-likeness (QED) is 0.0814. The normalized spacial score (nSPS) is 16.3.